The first kappa shape index (κ1) is 5.70. The second-order valence-corrected chi connectivity index (χ2v) is 2.62. The molecule has 3 N–H and O–H groups in total. The van der Waals surface area contributed by atoms with Gasteiger partial charge in [0.2, 0.25) is 0 Å². The third kappa shape index (κ3) is 0.683. The molecule has 0 aliphatic heterocycles. The highest BCUT2D eigenvalue weighted by Crippen LogP contribution is 2.29. The fourth-order valence-corrected chi connectivity index (χ4v) is 0.993. The Kier molecular flexibility index (Phi) is 0.977. The first-order chi connectivity index (χ1) is 4.79. The average molecular weight is 142 g/mol. The number of aromatic nitrogens is 2. The molecule has 1 aliphatic carbocycles. The predicted octanol–water partition coefficient (Wildman–Crippen LogP) is 0.358. The first-order valence-corrected chi connectivity index (χ1v) is 3.33. The highest BCUT2D eigenvalue weighted by atomic mass is 19.1. The summed E-state index contributed by atoms with van der Waals surface area (Å²) in [6.45, 7) is 0. The van der Waals surface area contributed by atoms with E-state index in [9.17, 15) is 4.39 Å². The summed E-state index contributed by atoms with van der Waals surface area (Å²) in [6.07, 6.45) is 3.59. The molecule has 0 unspecified atom stereocenters. The topological polar surface area (TPSA) is 45.7 Å². The standard InChI is InChI=1S/C6H8FN3/c7-6-5(8)3-9-10(6)4-1-2-4/h3-4H,1-2,8H2/p+1. The van der Waals surface area contributed by atoms with Crippen LogP contribution in [0, 0.1) is 5.95 Å². The SMILES string of the molecule is Nc1c[nH][n+](C2CC2)c1F. The maximum atomic E-state index is 12.9. The highest BCUT2D eigenvalue weighted by molar-refractivity contribution is 5.29. The zero-order valence-corrected chi connectivity index (χ0v) is 5.47. The van der Waals surface area contributed by atoms with Crippen molar-refractivity contribution in [3.05, 3.63) is 12.1 Å². The molecule has 0 amide bonds. The average Bonchev–Trinajstić information content (AvgIpc) is 2.67. The molecule has 0 bridgehead atoms. The molecule has 0 saturated heterocycles. The van der Waals surface area contributed by atoms with Gasteiger partial charge in [-0.05, 0) is 0 Å². The summed E-state index contributed by atoms with van der Waals surface area (Å²) >= 11 is 0. The van der Waals surface area contributed by atoms with Gasteiger partial charge < -0.3 is 5.73 Å². The number of aromatic amines is 1. The van der Waals surface area contributed by atoms with Gasteiger partial charge >= 0.3 is 5.95 Å². The molecule has 1 heterocycles. The Morgan fingerprint density at radius 3 is 2.80 bits per heavy atom. The van der Waals surface area contributed by atoms with Crippen molar-refractivity contribution in [2.24, 2.45) is 0 Å². The fourth-order valence-electron chi connectivity index (χ4n) is 0.993. The van der Waals surface area contributed by atoms with E-state index in [4.69, 9.17) is 5.73 Å². The molecule has 4 heteroatoms. The highest BCUT2D eigenvalue weighted by Gasteiger charge is 2.37. The molecule has 0 radical (unpaired) electrons. The number of H-pyrrole nitrogens is 1. The van der Waals surface area contributed by atoms with E-state index in [2.05, 4.69) is 5.10 Å². The summed E-state index contributed by atoms with van der Waals surface area (Å²) in [5, 5.41) is 2.75. The van der Waals surface area contributed by atoms with Crippen LogP contribution in [0.1, 0.15) is 18.9 Å². The molecule has 10 heavy (non-hydrogen) atoms. The fraction of sp³-hybridized carbons (Fsp3) is 0.500. The van der Waals surface area contributed by atoms with E-state index >= 15 is 0 Å². The van der Waals surface area contributed by atoms with E-state index < -0.39 is 0 Å². The number of anilines is 1. The Bertz CT molecular complexity index is 251. The number of hydrogen-bond acceptors (Lipinski definition) is 1. The van der Waals surface area contributed by atoms with E-state index in [-0.39, 0.29) is 11.6 Å². The van der Waals surface area contributed by atoms with Gasteiger partial charge in [0, 0.05) is 12.8 Å². The second kappa shape index (κ2) is 1.71. The third-order valence-corrected chi connectivity index (χ3v) is 1.72. The van der Waals surface area contributed by atoms with Crippen LogP contribution in [0.15, 0.2) is 6.20 Å². The lowest BCUT2D eigenvalue weighted by atomic mass is 10.6. The lowest BCUT2D eigenvalue weighted by Gasteiger charge is -1.83. The van der Waals surface area contributed by atoms with E-state index in [1.807, 2.05) is 0 Å². The van der Waals surface area contributed by atoms with Crippen LogP contribution >= 0.6 is 0 Å². The van der Waals surface area contributed by atoms with Crippen molar-refractivity contribution in [2.75, 3.05) is 5.73 Å². The van der Waals surface area contributed by atoms with Gasteiger partial charge in [-0.1, -0.05) is 4.68 Å². The van der Waals surface area contributed by atoms with Crippen molar-refractivity contribution in [1.82, 2.24) is 5.10 Å². The minimum atomic E-state index is -0.331. The van der Waals surface area contributed by atoms with Crippen LogP contribution in [0.5, 0.6) is 0 Å². The molecular formula is C6H9FN3+. The minimum absolute atomic E-state index is 0.201. The normalized spacial score (nSPS) is 17.7. The van der Waals surface area contributed by atoms with Crippen molar-refractivity contribution >= 4 is 5.69 Å². The quantitative estimate of drug-likeness (QED) is 0.546. The number of nitrogens with two attached hydrogens (primary N) is 1. The van der Waals surface area contributed by atoms with Gasteiger partial charge in [0.05, 0.1) is 6.20 Å². The van der Waals surface area contributed by atoms with Gasteiger partial charge in [-0.15, -0.1) is 4.39 Å². The van der Waals surface area contributed by atoms with E-state index in [0.29, 0.717) is 6.04 Å². The Hall–Kier alpha value is -1.06. The summed E-state index contributed by atoms with van der Waals surface area (Å²) in [6, 6.07) is 0.331. The number of halogens is 1. The second-order valence-electron chi connectivity index (χ2n) is 2.62. The molecule has 1 aliphatic rings. The van der Waals surface area contributed by atoms with Crippen LogP contribution in [0.3, 0.4) is 0 Å². The predicted molar refractivity (Wildman–Crippen MR) is 33.6 cm³/mol. The largest absolute Gasteiger partial charge is 0.408 e. The molecule has 3 nitrogen and oxygen atoms in total. The van der Waals surface area contributed by atoms with Gasteiger partial charge in [0.1, 0.15) is 0 Å². The van der Waals surface area contributed by atoms with E-state index in [0.717, 1.165) is 12.8 Å². The summed E-state index contributed by atoms with van der Waals surface area (Å²) in [5.74, 6) is -0.331. The first-order valence-electron chi connectivity index (χ1n) is 3.33. The van der Waals surface area contributed by atoms with E-state index in [1.165, 1.54) is 10.9 Å². The molecule has 1 aromatic heterocycles. The van der Waals surface area contributed by atoms with Crippen molar-refractivity contribution in [3.8, 4) is 0 Å². The van der Waals surface area contributed by atoms with E-state index in [1.54, 1.807) is 0 Å². The van der Waals surface area contributed by atoms with Gasteiger partial charge in [-0.2, -0.15) is 5.10 Å². The molecule has 0 aromatic carbocycles. The Morgan fingerprint density at radius 1 is 1.70 bits per heavy atom. The Labute approximate surface area is 57.6 Å². The molecule has 1 fully saturated rings. The van der Waals surface area contributed by atoms with Crippen molar-refractivity contribution in [1.29, 1.82) is 0 Å². The van der Waals surface area contributed by atoms with Crippen LogP contribution in [0.4, 0.5) is 10.1 Å². The van der Waals surface area contributed by atoms with Gasteiger partial charge in [0.25, 0.3) is 0 Å². The monoisotopic (exact) mass is 142 g/mol. The zero-order chi connectivity index (χ0) is 7.14. The van der Waals surface area contributed by atoms with Crippen molar-refractivity contribution < 1.29 is 9.07 Å². The Morgan fingerprint density at radius 2 is 2.40 bits per heavy atom. The van der Waals surface area contributed by atoms with Crippen LogP contribution in [0.25, 0.3) is 0 Å². The summed E-state index contributed by atoms with van der Waals surface area (Å²) < 4.78 is 14.3. The summed E-state index contributed by atoms with van der Waals surface area (Å²) in [7, 11) is 0. The number of nitrogens with one attached hydrogen (secondary N) is 1. The summed E-state index contributed by atoms with van der Waals surface area (Å²) in [5.41, 5.74) is 5.48. The molecule has 0 spiro atoms. The third-order valence-electron chi connectivity index (χ3n) is 1.72. The molecule has 1 aromatic rings. The Balaban J connectivity index is 2.40. The van der Waals surface area contributed by atoms with Crippen LogP contribution in [0.2, 0.25) is 0 Å². The lowest BCUT2D eigenvalue weighted by molar-refractivity contribution is -0.777. The minimum Gasteiger partial charge on any atom is -0.390 e. The number of nitrogens with zero attached hydrogens (tertiary/aromatic N) is 1. The molecular weight excluding hydrogens is 133 g/mol. The van der Waals surface area contributed by atoms with Gasteiger partial charge in [-0.3, -0.25) is 0 Å². The van der Waals surface area contributed by atoms with Gasteiger partial charge in [-0.25, -0.2) is 0 Å². The maximum absolute atomic E-state index is 12.9. The number of nitrogen functional groups attached to an aromatic ring is 1. The molecule has 2 rings (SSSR count). The zero-order valence-electron chi connectivity index (χ0n) is 5.47. The van der Waals surface area contributed by atoms with Crippen molar-refractivity contribution in [3.63, 3.8) is 0 Å². The van der Waals surface area contributed by atoms with Crippen molar-refractivity contribution in [2.45, 2.75) is 18.9 Å². The smallest absolute Gasteiger partial charge is 0.390 e. The van der Waals surface area contributed by atoms with Gasteiger partial charge in [0.15, 0.2) is 11.7 Å². The van der Waals surface area contributed by atoms with Crippen LogP contribution in [-0.4, -0.2) is 5.10 Å². The molecule has 54 valence electrons. The molecule has 0 atom stereocenters. The van der Waals surface area contributed by atoms with Crippen LogP contribution < -0.4 is 10.4 Å². The molecule has 1 saturated carbocycles. The maximum Gasteiger partial charge on any atom is 0.408 e. The summed E-state index contributed by atoms with van der Waals surface area (Å²) in [4.78, 5) is 0. The van der Waals surface area contributed by atoms with Crippen LogP contribution in [-0.2, 0) is 0 Å². The number of rotatable bonds is 1. The lowest BCUT2D eigenvalue weighted by Crippen LogP contribution is -2.37. The number of hydrogen-bond donors (Lipinski definition) is 2.